The number of rotatable bonds is 9. The first-order chi connectivity index (χ1) is 23.9. The summed E-state index contributed by atoms with van der Waals surface area (Å²) in [5.74, 6) is 10.3. The third-order valence-corrected chi connectivity index (χ3v) is 10.1. The van der Waals surface area contributed by atoms with Crippen LogP contribution in [0.15, 0.2) is 58.9 Å². The van der Waals surface area contributed by atoms with E-state index in [0.29, 0.717) is 50.1 Å². The highest BCUT2D eigenvalue weighted by molar-refractivity contribution is 6.09. The molecule has 2 bridgehead atoms. The predicted molar refractivity (Wildman–Crippen MR) is 187 cm³/mol. The van der Waals surface area contributed by atoms with Crippen molar-refractivity contribution in [3.05, 3.63) is 81.7 Å². The highest BCUT2D eigenvalue weighted by atomic mass is 16.5. The zero-order valence-corrected chi connectivity index (χ0v) is 28.0. The molecule has 49 heavy (non-hydrogen) atoms. The number of nitrogens with one attached hydrogen (secondary N) is 1. The number of aryl methyl sites for hydroxylation is 1. The van der Waals surface area contributed by atoms with Crippen LogP contribution in [0.4, 0.5) is 0 Å². The standard InChI is InChI=1S/C40H44N4O5/c1-2-3-4-7-28(45)21-29(46)11-8-25-9-15-37-38(19-25)49-40-26(6-5-18-48-37)10-14-36(47)31-12-13-32-30(16-17-42-39(32)41)33(31)20-27-22-43-35-24-44(40)23-34(27)35/h9,12-13,15,19,22-23,26,28,36,39-40,42,45,47H,2-4,6-8,11,16-17,20-21,24,41H2,1H3. The van der Waals surface area contributed by atoms with E-state index in [1.807, 2.05) is 36.5 Å². The monoisotopic (exact) mass is 660 g/mol. The maximum Gasteiger partial charge on any atom is 0.187 e. The number of nitrogens with two attached hydrogens (primary N) is 1. The summed E-state index contributed by atoms with van der Waals surface area (Å²) in [6.45, 7) is 3.44. The number of aliphatic imine (C=N–C) groups is 1. The average molecular weight is 661 g/mol. The lowest BCUT2D eigenvalue weighted by Crippen LogP contribution is -2.41. The molecule has 5 atom stereocenters. The number of carbonyl (C=O) groups excluding carboxylic acids is 1. The Morgan fingerprint density at radius 1 is 1.16 bits per heavy atom. The van der Waals surface area contributed by atoms with Crippen LogP contribution in [-0.4, -0.2) is 52.0 Å². The number of hydrogen-bond donors (Lipinski definition) is 4. The van der Waals surface area contributed by atoms with Crippen molar-refractivity contribution in [1.82, 2.24) is 10.2 Å². The summed E-state index contributed by atoms with van der Waals surface area (Å²) >= 11 is 0. The van der Waals surface area contributed by atoms with Gasteiger partial charge in [0.15, 0.2) is 17.7 Å². The maximum atomic E-state index is 12.7. The lowest BCUT2D eigenvalue weighted by Gasteiger charge is -2.32. The van der Waals surface area contributed by atoms with Gasteiger partial charge in [0.2, 0.25) is 0 Å². The molecule has 2 aromatic rings. The quantitative estimate of drug-likeness (QED) is 0.228. The van der Waals surface area contributed by atoms with Gasteiger partial charge in [0, 0.05) is 50.2 Å². The molecule has 5 heterocycles. The SMILES string of the molecule is CCCCCC(O)CC(=O)CCc1ccc2c(c1)OC1C(C#CC(O)c3ccc4c(c3CC3=CN=C5CN1C=C35)CCNC4N)CC#CO2. The van der Waals surface area contributed by atoms with E-state index in [-0.39, 0.29) is 18.4 Å². The van der Waals surface area contributed by atoms with E-state index in [1.54, 1.807) is 0 Å². The van der Waals surface area contributed by atoms with Crippen LogP contribution in [0.25, 0.3) is 0 Å². The molecule has 0 amide bonds. The van der Waals surface area contributed by atoms with E-state index < -0.39 is 24.4 Å². The van der Waals surface area contributed by atoms with E-state index in [9.17, 15) is 15.0 Å². The van der Waals surface area contributed by atoms with Crippen LogP contribution in [0, 0.1) is 29.8 Å². The van der Waals surface area contributed by atoms with Gasteiger partial charge >= 0.3 is 0 Å². The Morgan fingerprint density at radius 3 is 2.92 bits per heavy atom. The zero-order valence-electron chi connectivity index (χ0n) is 28.0. The zero-order chi connectivity index (χ0) is 33.9. The molecule has 0 saturated carbocycles. The normalized spacial score (nSPS) is 23.8. The third kappa shape index (κ3) is 7.18. The minimum absolute atomic E-state index is 0.0465. The number of hydrogen-bond acceptors (Lipinski definition) is 9. The molecule has 9 heteroatoms. The number of ketones is 1. The summed E-state index contributed by atoms with van der Waals surface area (Å²) in [6.07, 6.45) is 11.1. The number of aliphatic hydroxyl groups is 2. The van der Waals surface area contributed by atoms with Crippen LogP contribution in [0.5, 0.6) is 11.5 Å². The number of ether oxygens (including phenoxy) is 2. The van der Waals surface area contributed by atoms with Crippen LogP contribution in [-0.2, 0) is 24.1 Å². The van der Waals surface area contributed by atoms with Crippen molar-refractivity contribution in [1.29, 1.82) is 0 Å². The van der Waals surface area contributed by atoms with Crippen molar-refractivity contribution in [2.45, 2.75) is 95.7 Å². The Balaban J connectivity index is 1.17. The van der Waals surface area contributed by atoms with Crippen LogP contribution < -0.4 is 20.5 Å². The molecule has 0 aromatic heterocycles. The van der Waals surface area contributed by atoms with Crippen molar-refractivity contribution < 1.29 is 24.5 Å². The predicted octanol–water partition coefficient (Wildman–Crippen LogP) is 4.52. The lowest BCUT2D eigenvalue weighted by molar-refractivity contribution is -0.121. The second kappa shape index (κ2) is 14.6. The topological polar surface area (TPSA) is 130 Å². The number of nitrogens with zero attached hydrogens (tertiary/aromatic N) is 2. The van der Waals surface area contributed by atoms with Gasteiger partial charge in [-0.2, -0.15) is 0 Å². The van der Waals surface area contributed by atoms with Crippen molar-refractivity contribution in [2.75, 3.05) is 13.1 Å². The molecule has 9 nitrogen and oxygen atoms in total. The van der Waals surface area contributed by atoms with E-state index in [2.05, 4.69) is 47.2 Å². The van der Waals surface area contributed by atoms with E-state index in [1.165, 1.54) is 5.56 Å². The van der Waals surface area contributed by atoms with E-state index >= 15 is 0 Å². The number of Topliss-reactive ketones (excluding diaryl/α,β-unsaturated/α-hetero) is 1. The molecule has 0 spiro atoms. The molecule has 5 N–H and O–H groups in total. The van der Waals surface area contributed by atoms with Crippen molar-refractivity contribution in [3.8, 4) is 35.4 Å². The van der Waals surface area contributed by atoms with Crippen molar-refractivity contribution >= 4 is 11.5 Å². The van der Waals surface area contributed by atoms with Crippen molar-refractivity contribution in [2.24, 2.45) is 16.6 Å². The molecule has 0 saturated heterocycles. The van der Waals surface area contributed by atoms with Gasteiger partial charge in [0.25, 0.3) is 0 Å². The molecule has 5 unspecified atom stereocenters. The lowest BCUT2D eigenvalue weighted by atomic mass is 9.84. The van der Waals surface area contributed by atoms with Crippen molar-refractivity contribution in [3.63, 3.8) is 0 Å². The molecular weight excluding hydrogens is 616 g/mol. The molecule has 0 fully saturated rings. The fraction of sp³-hybridized carbons (Fsp3) is 0.450. The van der Waals surface area contributed by atoms with E-state index in [0.717, 1.165) is 71.3 Å². The summed E-state index contributed by atoms with van der Waals surface area (Å²) in [4.78, 5) is 19.6. The number of aliphatic hydroxyl groups excluding tert-OH is 2. The van der Waals surface area contributed by atoms with Gasteiger partial charge in [0.1, 0.15) is 18.0 Å². The largest absolute Gasteiger partial charge is 0.465 e. The van der Waals surface area contributed by atoms with Gasteiger partial charge in [0.05, 0.1) is 30.4 Å². The first-order valence-corrected chi connectivity index (χ1v) is 17.6. The minimum Gasteiger partial charge on any atom is -0.465 e. The number of fused-ring (bicyclic) bond motifs is 7. The average Bonchev–Trinajstić information content (AvgIpc) is 3.70. The molecule has 5 aliphatic heterocycles. The Labute approximate surface area is 288 Å². The summed E-state index contributed by atoms with van der Waals surface area (Å²) in [5, 5.41) is 25.2. The summed E-state index contributed by atoms with van der Waals surface area (Å²) in [7, 11) is 0. The molecule has 7 rings (SSSR count). The van der Waals surface area contributed by atoms with E-state index in [4.69, 9.17) is 20.2 Å². The van der Waals surface area contributed by atoms with Crippen LogP contribution in [0.1, 0.15) is 92.0 Å². The number of unbranched alkanes of at least 4 members (excludes halogenated alkanes) is 2. The summed E-state index contributed by atoms with van der Waals surface area (Å²) < 4.78 is 12.6. The Morgan fingerprint density at radius 2 is 2.04 bits per heavy atom. The minimum atomic E-state index is -1.01. The summed E-state index contributed by atoms with van der Waals surface area (Å²) in [6, 6.07) is 9.63. The number of allylic oxidation sites excluding steroid dienone is 1. The van der Waals surface area contributed by atoms with Gasteiger partial charge < -0.3 is 30.3 Å². The molecular formula is C40H44N4O5. The third-order valence-electron chi connectivity index (χ3n) is 10.1. The Bertz CT molecular complexity index is 1840. The highest BCUT2D eigenvalue weighted by Crippen LogP contribution is 2.38. The van der Waals surface area contributed by atoms with Gasteiger partial charge in [-0.1, -0.05) is 62.1 Å². The maximum absolute atomic E-state index is 12.7. The molecule has 0 aliphatic carbocycles. The fourth-order valence-corrected chi connectivity index (χ4v) is 7.39. The Kier molecular flexibility index (Phi) is 9.89. The highest BCUT2D eigenvalue weighted by Gasteiger charge is 2.37. The first kappa shape index (κ1) is 33.1. The molecule has 0 radical (unpaired) electrons. The second-order valence-electron chi connectivity index (χ2n) is 13.6. The molecule has 254 valence electrons. The first-order valence-electron chi connectivity index (χ1n) is 17.6. The second-order valence-corrected chi connectivity index (χ2v) is 13.6. The number of carbonyl (C=O) groups is 1. The Hall–Kier alpha value is -4.38. The molecule has 2 aromatic carbocycles. The fourth-order valence-electron chi connectivity index (χ4n) is 7.39. The van der Waals surface area contributed by atoms with Crippen LogP contribution in [0.3, 0.4) is 0 Å². The number of benzene rings is 2. The van der Waals surface area contributed by atoms with Crippen LogP contribution >= 0.6 is 0 Å². The van der Waals surface area contributed by atoms with Gasteiger partial charge in [-0.3, -0.25) is 15.1 Å². The van der Waals surface area contributed by atoms with Gasteiger partial charge in [-0.05, 0) is 64.8 Å². The smallest absolute Gasteiger partial charge is 0.187 e. The van der Waals surface area contributed by atoms with Crippen LogP contribution in [0.2, 0.25) is 0 Å². The van der Waals surface area contributed by atoms with Gasteiger partial charge in [-0.25, -0.2) is 0 Å². The van der Waals surface area contributed by atoms with Gasteiger partial charge in [-0.15, -0.1) is 0 Å². The molecule has 5 aliphatic rings. The summed E-state index contributed by atoms with van der Waals surface area (Å²) in [5.41, 5.74) is 14.6.